The molecule has 0 N–H and O–H groups in total. The van der Waals surface area contributed by atoms with E-state index in [2.05, 4.69) is 0 Å². The first-order valence-electron chi connectivity index (χ1n) is 6.36. The lowest BCUT2D eigenvalue weighted by atomic mass is 10.2. The number of amides is 1. The Labute approximate surface area is 115 Å². The van der Waals surface area contributed by atoms with Crippen molar-refractivity contribution in [2.75, 3.05) is 26.7 Å². The van der Waals surface area contributed by atoms with Gasteiger partial charge in [0, 0.05) is 32.7 Å². The molecule has 1 fully saturated rings. The number of rotatable bonds is 3. The van der Waals surface area contributed by atoms with Crippen molar-refractivity contribution < 1.29 is 14.1 Å². The molecule has 1 amide bonds. The van der Waals surface area contributed by atoms with Crippen LogP contribution in [0.4, 0.5) is 10.1 Å². The van der Waals surface area contributed by atoms with Gasteiger partial charge in [0.2, 0.25) is 11.7 Å². The number of carbonyl (C=O) groups is 1. The molecule has 0 bridgehead atoms. The number of hydrogen-bond acceptors (Lipinski definition) is 4. The molecule has 1 aromatic carbocycles. The van der Waals surface area contributed by atoms with Gasteiger partial charge < -0.3 is 4.90 Å². The van der Waals surface area contributed by atoms with Gasteiger partial charge in [-0.2, -0.15) is 4.39 Å². The third kappa shape index (κ3) is 3.30. The number of hydrogen-bond donors (Lipinski definition) is 0. The van der Waals surface area contributed by atoms with Crippen molar-refractivity contribution in [1.82, 2.24) is 9.80 Å². The quantitative estimate of drug-likeness (QED) is 0.620. The lowest BCUT2D eigenvalue weighted by Gasteiger charge is -2.19. The van der Waals surface area contributed by atoms with Crippen LogP contribution in [0.2, 0.25) is 0 Å². The summed E-state index contributed by atoms with van der Waals surface area (Å²) in [5.74, 6) is -0.810. The highest BCUT2D eigenvalue weighted by Crippen LogP contribution is 2.19. The molecule has 0 aliphatic carbocycles. The molecule has 0 aromatic heterocycles. The van der Waals surface area contributed by atoms with Crippen LogP contribution in [-0.2, 0) is 11.3 Å². The van der Waals surface area contributed by atoms with E-state index >= 15 is 0 Å². The zero-order valence-corrected chi connectivity index (χ0v) is 11.2. The molecule has 7 heteroatoms. The normalized spacial score (nSPS) is 17.1. The maximum absolute atomic E-state index is 13.5. The van der Waals surface area contributed by atoms with Crippen LogP contribution >= 0.6 is 0 Å². The molecule has 0 radical (unpaired) electrons. The fraction of sp³-hybridized carbons (Fsp3) is 0.462. The molecule has 2 rings (SSSR count). The third-order valence-corrected chi connectivity index (χ3v) is 3.37. The lowest BCUT2D eigenvalue weighted by molar-refractivity contribution is -0.387. The summed E-state index contributed by atoms with van der Waals surface area (Å²) < 4.78 is 13.5. The van der Waals surface area contributed by atoms with Gasteiger partial charge in [-0.1, -0.05) is 6.07 Å². The fourth-order valence-corrected chi connectivity index (χ4v) is 2.24. The molecule has 1 aliphatic rings. The molecule has 1 heterocycles. The summed E-state index contributed by atoms with van der Waals surface area (Å²) >= 11 is 0. The van der Waals surface area contributed by atoms with Crippen molar-refractivity contribution in [2.24, 2.45) is 0 Å². The van der Waals surface area contributed by atoms with Crippen LogP contribution in [0.3, 0.4) is 0 Å². The minimum atomic E-state index is -0.842. The molecule has 20 heavy (non-hydrogen) atoms. The van der Waals surface area contributed by atoms with Crippen LogP contribution in [0.1, 0.15) is 12.0 Å². The topological polar surface area (TPSA) is 66.7 Å². The summed E-state index contributed by atoms with van der Waals surface area (Å²) in [6.45, 7) is 2.16. The Morgan fingerprint density at radius 2 is 2.15 bits per heavy atom. The highest BCUT2D eigenvalue weighted by atomic mass is 19.1. The van der Waals surface area contributed by atoms with E-state index in [1.165, 1.54) is 6.07 Å². The van der Waals surface area contributed by atoms with Crippen molar-refractivity contribution in [3.05, 3.63) is 39.7 Å². The first-order valence-corrected chi connectivity index (χ1v) is 6.36. The van der Waals surface area contributed by atoms with Crippen molar-refractivity contribution >= 4 is 11.6 Å². The monoisotopic (exact) mass is 281 g/mol. The number of nitro benzene ring substituents is 1. The number of nitro groups is 1. The van der Waals surface area contributed by atoms with E-state index in [0.29, 0.717) is 18.7 Å². The fourth-order valence-electron chi connectivity index (χ4n) is 2.24. The van der Waals surface area contributed by atoms with Gasteiger partial charge in [0.15, 0.2) is 0 Å². The summed E-state index contributed by atoms with van der Waals surface area (Å²) in [5.41, 5.74) is 0.103. The van der Waals surface area contributed by atoms with Crippen LogP contribution in [0, 0.1) is 15.9 Å². The second kappa shape index (κ2) is 5.96. The van der Waals surface area contributed by atoms with Gasteiger partial charge in [-0.15, -0.1) is 0 Å². The molecule has 0 atom stereocenters. The Morgan fingerprint density at radius 3 is 2.80 bits per heavy atom. The van der Waals surface area contributed by atoms with Gasteiger partial charge in [-0.05, 0) is 18.1 Å². The van der Waals surface area contributed by atoms with E-state index in [9.17, 15) is 19.3 Å². The number of benzene rings is 1. The van der Waals surface area contributed by atoms with Gasteiger partial charge in [0.05, 0.1) is 11.5 Å². The first-order chi connectivity index (χ1) is 9.47. The second-order valence-electron chi connectivity index (χ2n) is 4.92. The van der Waals surface area contributed by atoms with Crippen molar-refractivity contribution in [1.29, 1.82) is 0 Å². The standard InChI is InChI=1S/C13H16FN3O3/c1-15-5-2-6-16(9-13(15)18)8-10-3-4-12(17(19)20)11(14)7-10/h3-4,7H,2,5-6,8-9H2,1H3. The Kier molecular flexibility index (Phi) is 4.29. The molecule has 0 spiro atoms. The van der Waals surface area contributed by atoms with Crippen LogP contribution in [0.5, 0.6) is 0 Å². The Balaban J connectivity index is 2.08. The third-order valence-electron chi connectivity index (χ3n) is 3.37. The Morgan fingerprint density at radius 1 is 1.40 bits per heavy atom. The zero-order valence-electron chi connectivity index (χ0n) is 11.2. The summed E-state index contributed by atoms with van der Waals surface area (Å²) in [4.78, 5) is 25.2. The highest BCUT2D eigenvalue weighted by Gasteiger charge is 2.20. The van der Waals surface area contributed by atoms with E-state index < -0.39 is 16.4 Å². The van der Waals surface area contributed by atoms with Gasteiger partial charge >= 0.3 is 5.69 Å². The van der Waals surface area contributed by atoms with E-state index in [-0.39, 0.29) is 12.5 Å². The second-order valence-corrected chi connectivity index (χ2v) is 4.92. The van der Waals surface area contributed by atoms with E-state index in [1.54, 1.807) is 11.9 Å². The predicted molar refractivity (Wildman–Crippen MR) is 70.6 cm³/mol. The molecule has 1 aliphatic heterocycles. The van der Waals surface area contributed by atoms with Crippen molar-refractivity contribution in [3.8, 4) is 0 Å². The number of halogens is 1. The van der Waals surface area contributed by atoms with Gasteiger partial charge in [-0.3, -0.25) is 19.8 Å². The number of carbonyl (C=O) groups excluding carboxylic acids is 1. The van der Waals surface area contributed by atoms with Crippen molar-refractivity contribution in [3.63, 3.8) is 0 Å². The van der Waals surface area contributed by atoms with Crippen LogP contribution < -0.4 is 0 Å². The minimum Gasteiger partial charge on any atom is -0.345 e. The SMILES string of the molecule is CN1CCCN(Cc2ccc([N+](=O)[O-])c(F)c2)CC1=O. The van der Waals surface area contributed by atoms with E-state index in [0.717, 1.165) is 25.1 Å². The summed E-state index contributed by atoms with van der Waals surface area (Å²) in [6.07, 6.45) is 0.859. The lowest BCUT2D eigenvalue weighted by Crippen LogP contribution is -2.34. The smallest absolute Gasteiger partial charge is 0.304 e. The predicted octanol–water partition coefficient (Wildman–Crippen LogP) is 1.40. The molecule has 1 saturated heterocycles. The Hall–Kier alpha value is -2.02. The molecule has 0 unspecified atom stereocenters. The maximum Gasteiger partial charge on any atom is 0.304 e. The molecular formula is C13H16FN3O3. The minimum absolute atomic E-state index is 0.0323. The number of nitrogens with zero attached hydrogens (tertiary/aromatic N) is 3. The summed E-state index contributed by atoms with van der Waals surface area (Å²) in [6, 6.07) is 3.86. The van der Waals surface area contributed by atoms with E-state index in [1.807, 2.05) is 4.90 Å². The van der Waals surface area contributed by atoms with Gasteiger partial charge in [0.1, 0.15) is 0 Å². The average molecular weight is 281 g/mol. The molecule has 108 valence electrons. The van der Waals surface area contributed by atoms with Crippen LogP contribution in [0.25, 0.3) is 0 Å². The highest BCUT2D eigenvalue weighted by molar-refractivity contribution is 5.78. The number of likely N-dealkylation sites (N-methyl/N-ethyl adjacent to an activating group) is 1. The van der Waals surface area contributed by atoms with Gasteiger partial charge in [-0.25, -0.2) is 0 Å². The summed E-state index contributed by atoms with van der Waals surface area (Å²) in [7, 11) is 1.76. The van der Waals surface area contributed by atoms with Crippen LogP contribution in [0.15, 0.2) is 18.2 Å². The van der Waals surface area contributed by atoms with Crippen LogP contribution in [-0.4, -0.2) is 47.3 Å². The average Bonchev–Trinajstić information content (AvgIpc) is 2.51. The van der Waals surface area contributed by atoms with E-state index in [4.69, 9.17) is 0 Å². The largest absolute Gasteiger partial charge is 0.345 e. The molecule has 0 saturated carbocycles. The zero-order chi connectivity index (χ0) is 14.7. The maximum atomic E-state index is 13.5. The molecule has 6 nitrogen and oxygen atoms in total. The Bertz CT molecular complexity index is 536. The molecule has 1 aromatic rings. The summed E-state index contributed by atoms with van der Waals surface area (Å²) in [5, 5.41) is 10.6. The first kappa shape index (κ1) is 14.4. The molecular weight excluding hydrogens is 265 g/mol. The van der Waals surface area contributed by atoms with Crippen molar-refractivity contribution in [2.45, 2.75) is 13.0 Å². The van der Waals surface area contributed by atoms with Gasteiger partial charge in [0.25, 0.3) is 0 Å².